The Morgan fingerprint density at radius 1 is 1.17 bits per heavy atom. The Balaban J connectivity index is 1.42. The molecule has 1 aliphatic heterocycles. The summed E-state index contributed by atoms with van der Waals surface area (Å²) in [6, 6.07) is 15.7. The average Bonchev–Trinajstić information content (AvgIpc) is 3.27. The molecule has 1 aromatic heterocycles. The summed E-state index contributed by atoms with van der Waals surface area (Å²) in [5.41, 5.74) is 13.8. The molecule has 3 aromatic rings. The summed E-state index contributed by atoms with van der Waals surface area (Å²) in [6.45, 7) is 0.891. The number of aromatic nitrogens is 1. The largest absolute Gasteiger partial charge is 0.383 e. The van der Waals surface area contributed by atoms with Gasteiger partial charge in [0.1, 0.15) is 17.9 Å². The first-order chi connectivity index (χ1) is 14.5. The predicted molar refractivity (Wildman–Crippen MR) is 116 cm³/mol. The van der Waals surface area contributed by atoms with Gasteiger partial charge in [0.05, 0.1) is 0 Å². The van der Waals surface area contributed by atoms with E-state index in [9.17, 15) is 9.59 Å². The first-order valence-corrected chi connectivity index (χ1v) is 10.1. The Bertz CT molecular complexity index is 1070. The Kier molecular flexibility index (Phi) is 5.63. The number of carbonyl (C=O) groups is 2. The quantitative estimate of drug-likeness (QED) is 0.604. The number of rotatable bonds is 5. The van der Waals surface area contributed by atoms with Crippen LogP contribution in [0.1, 0.15) is 30.0 Å². The summed E-state index contributed by atoms with van der Waals surface area (Å²) in [4.78, 5) is 31.5. The molecule has 2 aromatic carbocycles. The van der Waals surface area contributed by atoms with Gasteiger partial charge in [-0.25, -0.2) is 4.98 Å². The predicted octanol–water partition coefficient (Wildman–Crippen LogP) is 2.12. The van der Waals surface area contributed by atoms with Gasteiger partial charge >= 0.3 is 0 Å². The molecule has 30 heavy (non-hydrogen) atoms. The van der Waals surface area contributed by atoms with Gasteiger partial charge in [-0.15, -0.1) is 0 Å². The normalized spacial score (nSPS) is 17.1. The van der Waals surface area contributed by atoms with Gasteiger partial charge in [-0.3, -0.25) is 9.59 Å². The Hall–Kier alpha value is -3.45. The van der Waals surface area contributed by atoms with E-state index in [1.54, 1.807) is 11.1 Å². The summed E-state index contributed by atoms with van der Waals surface area (Å²) in [5, 5.41) is 4.81. The molecule has 2 heterocycles. The summed E-state index contributed by atoms with van der Waals surface area (Å²) >= 11 is 0. The van der Waals surface area contributed by atoms with Gasteiger partial charge in [-0.1, -0.05) is 42.5 Å². The van der Waals surface area contributed by atoms with E-state index in [2.05, 4.69) is 10.3 Å². The maximum absolute atomic E-state index is 12.9. The van der Waals surface area contributed by atoms with Crippen LogP contribution in [-0.4, -0.2) is 34.3 Å². The third kappa shape index (κ3) is 3.97. The molecule has 0 saturated carbocycles. The summed E-state index contributed by atoms with van der Waals surface area (Å²) in [5.74, 6) is 0.0758. The van der Waals surface area contributed by atoms with Crippen molar-refractivity contribution in [2.45, 2.75) is 31.5 Å². The molecule has 0 spiro atoms. The number of hydrogen-bond acceptors (Lipinski definition) is 5. The van der Waals surface area contributed by atoms with Crippen molar-refractivity contribution in [1.29, 1.82) is 0 Å². The number of nitrogens with one attached hydrogen (secondary N) is 1. The number of amides is 2. The van der Waals surface area contributed by atoms with Crippen molar-refractivity contribution in [3.8, 4) is 0 Å². The van der Waals surface area contributed by atoms with Crippen molar-refractivity contribution >= 4 is 28.4 Å². The Morgan fingerprint density at radius 3 is 2.77 bits per heavy atom. The first kappa shape index (κ1) is 19.8. The van der Waals surface area contributed by atoms with E-state index >= 15 is 0 Å². The van der Waals surface area contributed by atoms with Crippen LogP contribution in [0.4, 0.5) is 5.82 Å². The number of pyridine rings is 1. The lowest BCUT2D eigenvalue weighted by Gasteiger charge is -2.27. The molecular weight excluding hydrogens is 378 g/mol. The highest BCUT2D eigenvalue weighted by Crippen LogP contribution is 2.23. The molecule has 0 unspecified atom stereocenters. The van der Waals surface area contributed by atoms with Crippen molar-refractivity contribution in [2.24, 2.45) is 5.73 Å². The number of anilines is 1. The van der Waals surface area contributed by atoms with Crippen LogP contribution >= 0.6 is 0 Å². The zero-order valence-corrected chi connectivity index (χ0v) is 16.6. The molecule has 1 fully saturated rings. The van der Waals surface area contributed by atoms with Crippen molar-refractivity contribution in [2.75, 3.05) is 12.3 Å². The minimum Gasteiger partial charge on any atom is -0.383 e. The van der Waals surface area contributed by atoms with Gasteiger partial charge in [0.25, 0.3) is 0 Å². The fourth-order valence-electron chi connectivity index (χ4n) is 3.94. The highest BCUT2D eigenvalue weighted by atomic mass is 16.2. The first-order valence-electron chi connectivity index (χ1n) is 10.1. The van der Waals surface area contributed by atoms with Crippen LogP contribution in [0.2, 0.25) is 0 Å². The fraction of sp³-hybridized carbons (Fsp3) is 0.261. The highest BCUT2D eigenvalue weighted by molar-refractivity contribution is 5.92. The molecule has 4 rings (SSSR count). The van der Waals surface area contributed by atoms with Gasteiger partial charge in [-0.05, 0) is 41.5 Å². The number of carbonyl (C=O) groups excluding carboxylic acids is 2. The van der Waals surface area contributed by atoms with Crippen molar-refractivity contribution in [3.63, 3.8) is 0 Å². The van der Waals surface area contributed by atoms with Gasteiger partial charge in [0.15, 0.2) is 0 Å². The van der Waals surface area contributed by atoms with E-state index in [-0.39, 0.29) is 11.8 Å². The number of nitrogen functional groups attached to an aromatic ring is 1. The number of likely N-dealkylation sites (tertiary alicyclic amines) is 1. The smallest absolute Gasteiger partial charge is 0.244 e. The molecule has 2 amide bonds. The molecule has 5 N–H and O–H groups in total. The van der Waals surface area contributed by atoms with E-state index in [4.69, 9.17) is 11.5 Å². The van der Waals surface area contributed by atoms with Crippen LogP contribution in [0.15, 0.2) is 60.8 Å². The zero-order valence-electron chi connectivity index (χ0n) is 16.6. The summed E-state index contributed by atoms with van der Waals surface area (Å²) in [6.07, 6.45) is 3.09. The summed E-state index contributed by atoms with van der Waals surface area (Å²) in [7, 11) is 0. The maximum atomic E-state index is 12.9. The average molecular weight is 403 g/mol. The topological polar surface area (TPSA) is 114 Å². The molecule has 154 valence electrons. The molecule has 7 heteroatoms. The van der Waals surface area contributed by atoms with Gasteiger partial charge in [-0.2, -0.15) is 0 Å². The van der Waals surface area contributed by atoms with Gasteiger partial charge < -0.3 is 21.7 Å². The number of nitrogens with zero attached hydrogens (tertiary/aromatic N) is 2. The molecule has 7 nitrogen and oxygen atoms in total. The van der Waals surface area contributed by atoms with Crippen molar-refractivity contribution in [3.05, 3.63) is 71.9 Å². The molecule has 2 atom stereocenters. The third-order valence-corrected chi connectivity index (χ3v) is 5.59. The van der Waals surface area contributed by atoms with Crippen LogP contribution < -0.4 is 16.8 Å². The second-order valence-electron chi connectivity index (χ2n) is 7.55. The van der Waals surface area contributed by atoms with E-state index < -0.39 is 12.1 Å². The number of nitrogens with two attached hydrogens (primary N) is 2. The Labute approximate surface area is 175 Å². The van der Waals surface area contributed by atoms with E-state index in [0.717, 1.165) is 28.3 Å². The lowest BCUT2D eigenvalue weighted by atomic mass is 10.1. The number of hydrogen-bond donors (Lipinski definition) is 3. The van der Waals surface area contributed by atoms with Crippen LogP contribution in [0, 0.1) is 0 Å². The standard InChI is InChI=1S/C23H25N5O2/c24-20(17-5-2-1-3-6-17)23(30)28-12-4-7-19(28)22(29)27-14-15-8-9-16-10-11-26-21(25)18(16)13-15/h1-3,5-6,8-11,13,19-20H,4,7,12,14,24H2,(H2,25,26)(H,27,29)/t19-,20+/m0/s1. The second kappa shape index (κ2) is 8.51. The molecule has 0 bridgehead atoms. The van der Waals surface area contributed by atoms with Crippen LogP contribution in [0.3, 0.4) is 0 Å². The number of fused-ring (bicyclic) bond motifs is 1. The minimum absolute atomic E-state index is 0.166. The van der Waals surface area contributed by atoms with Crippen LogP contribution in [-0.2, 0) is 16.1 Å². The number of benzene rings is 2. The van der Waals surface area contributed by atoms with E-state index in [0.29, 0.717) is 25.3 Å². The maximum Gasteiger partial charge on any atom is 0.244 e. The van der Waals surface area contributed by atoms with Gasteiger partial charge in [0, 0.05) is 24.7 Å². The minimum atomic E-state index is -0.768. The molecule has 1 aliphatic rings. The molecule has 1 saturated heterocycles. The molecule has 0 radical (unpaired) electrons. The zero-order chi connectivity index (χ0) is 21.1. The lowest BCUT2D eigenvalue weighted by Crippen LogP contribution is -2.48. The van der Waals surface area contributed by atoms with E-state index in [1.165, 1.54) is 0 Å². The summed E-state index contributed by atoms with van der Waals surface area (Å²) < 4.78 is 0. The molecule has 0 aliphatic carbocycles. The van der Waals surface area contributed by atoms with Crippen LogP contribution in [0.25, 0.3) is 10.8 Å². The highest BCUT2D eigenvalue weighted by Gasteiger charge is 2.36. The van der Waals surface area contributed by atoms with Gasteiger partial charge in [0.2, 0.25) is 11.8 Å². The molecular formula is C23H25N5O2. The third-order valence-electron chi connectivity index (χ3n) is 5.59. The van der Waals surface area contributed by atoms with Crippen molar-refractivity contribution in [1.82, 2.24) is 15.2 Å². The van der Waals surface area contributed by atoms with Crippen LogP contribution in [0.5, 0.6) is 0 Å². The van der Waals surface area contributed by atoms with E-state index in [1.807, 2.05) is 54.6 Å². The monoisotopic (exact) mass is 403 g/mol. The fourth-order valence-corrected chi connectivity index (χ4v) is 3.94. The lowest BCUT2D eigenvalue weighted by molar-refractivity contribution is -0.139. The second-order valence-corrected chi connectivity index (χ2v) is 7.55. The Morgan fingerprint density at radius 2 is 1.97 bits per heavy atom. The SMILES string of the molecule is Nc1nccc2ccc(CNC(=O)[C@@H]3CCCN3C(=O)[C@H](N)c3ccccc3)cc12. The van der Waals surface area contributed by atoms with Crippen molar-refractivity contribution < 1.29 is 9.59 Å².